The van der Waals surface area contributed by atoms with E-state index in [-0.39, 0.29) is 29.2 Å². The van der Waals surface area contributed by atoms with Gasteiger partial charge in [-0.15, -0.1) is 0 Å². The number of hydrogen-bond acceptors (Lipinski definition) is 3. The van der Waals surface area contributed by atoms with E-state index in [1.165, 1.54) is 23.3 Å². The van der Waals surface area contributed by atoms with Crippen LogP contribution in [0.2, 0.25) is 0 Å². The van der Waals surface area contributed by atoms with Crippen LogP contribution < -0.4 is 5.32 Å². The van der Waals surface area contributed by atoms with Crippen molar-refractivity contribution in [3.05, 3.63) is 58.9 Å². The second-order valence-corrected chi connectivity index (χ2v) is 8.48. The molecule has 0 spiro atoms. The Labute approximate surface area is 154 Å². The van der Waals surface area contributed by atoms with Crippen LogP contribution in [0.15, 0.2) is 36.4 Å². The van der Waals surface area contributed by atoms with E-state index in [1.807, 2.05) is 0 Å². The Balaban J connectivity index is 1.77. The highest BCUT2D eigenvalue weighted by atomic mass is 19.1. The summed E-state index contributed by atoms with van der Waals surface area (Å²) in [6.45, 7) is 7.40. The van der Waals surface area contributed by atoms with Crippen molar-refractivity contribution >= 4 is 5.69 Å². The molecule has 26 heavy (non-hydrogen) atoms. The maximum absolute atomic E-state index is 13.9. The van der Waals surface area contributed by atoms with Crippen molar-refractivity contribution in [3.63, 3.8) is 0 Å². The van der Waals surface area contributed by atoms with E-state index in [1.54, 1.807) is 6.07 Å². The Morgan fingerprint density at radius 1 is 1.15 bits per heavy atom. The van der Waals surface area contributed by atoms with E-state index in [0.717, 1.165) is 30.7 Å². The van der Waals surface area contributed by atoms with E-state index >= 15 is 0 Å². The molecule has 0 saturated carbocycles. The van der Waals surface area contributed by atoms with Crippen LogP contribution in [0.4, 0.5) is 10.1 Å². The lowest BCUT2D eigenvalue weighted by Gasteiger charge is -2.44. The van der Waals surface area contributed by atoms with Crippen LogP contribution in [0, 0.1) is 11.7 Å². The molecule has 2 heterocycles. The molecule has 2 aliphatic rings. The molecule has 0 amide bonds. The molecule has 4 heteroatoms. The molecule has 2 aliphatic heterocycles. The van der Waals surface area contributed by atoms with Crippen LogP contribution in [0.5, 0.6) is 5.75 Å². The average molecular weight is 355 g/mol. The van der Waals surface area contributed by atoms with Crippen LogP contribution >= 0.6 is 0 Å². The van der Waals surface area contributed by atoms with Crippen molar-refractivity contribution in [3.8, 4) is 5.75 Å². The van der Waals surface area contributed by atoms with Gasteiger partial charge in [0.2, 0.25) is 0 Å². The third kappa shape index (κ3) is 2.96. The Morgan fingerprint density at radius 3 is 2.69 bits per heavy atom. The summed E-state index contributed by atoms with van der Waals surface area (Å²) in [5.74, 6) is -0.641. The second-order valence-electron chi connectivity index (χ2n) is 8.48. The number of ether oxygens (including phenoxy) is 1. The lowest BCUT2D eigenvalue weighted by atomic mass is 9.76. The third-order valence-corrected chi connectivity index (χ3v) is 5.66. The summed E-state index contributed by atoms with van der Waals surface area (Å²) in [5.41, 5.74) is 4.49. The summed E-state index contributed by atoms with van der Waals surface area (Å²) in [4.78, 5) is 0. The first-order valence-corrected chi connectivity index (χ1v) is 9.35. The standard InChI is InChI=1S/C22H26FNO2/c1-22(2,3)14-7-8-18-16(12-14)21-15(5-4-10-26-21)20(24-18)13-6-9-19(25)17(23)11-13/h6-9,11-12,15,20-21,24-25H,4-5,10H2,1-3H3/t15-,20-,21-/m1/s1. The molecule has 1 fully saturated rings. The quantitative estimate of drug-likeness (QED) is 0.713. The fraction of sp³-hybridized carbons (Fsp3) is 0.455. The van der Waals surface area contributed by atoms with Gasteiger partial charge in [0.25, 0.3) is 0 Å². The first-order valence-electron chi connectivity index (χ1n) is 9.35. The number of nitrogens with one attached hydrogen (secondary N) is 1. The average Bonchev–Trinajstić information content (AvgIpc) is 2.62. The van der Waals surface area contributed by atoms with Gasteiger partial charge in [0, 0.05) is 23.8 Å². The fourth-order valence-electron chi connectivity index (χ4n) is 4.18. The summed E-state index contributed by atoms with van der Waals surface area (Å²) in [5, 5.41) is 13.1. The Morgan fingerprint density at radius 2 is 1.96 bits per heavy atom. The first kappa shape index (κ1) is 17.3. The highest BCUT2D eigenvalue weighted by Crippen LogP contribution is 2.50. The SMILES string of the molecule is CC(C)(C)c1ccc2c(c1)[C@@H]1OCCC[C@@H]1[C@@H](c1ccc(O)c(F)c1)N2. The van der Waals surface area contributed by atoms with Crippen LogP contribution in [0.1, 0.15) is 62.4 Å². The van der Waals surface area contributed by atoms with Crippen LogP contribution in [0.3, 0.4) is 0 Å². The van der Waals surface area contributed by atoms with Crippen molar-refractivity contribution in [1.82, 2.24) is 0 Å². The smallest absolute Gasteiger partial charge is 0.165 e. The molecule has 0 radical (unpaired) electrons. The number of rotatable bonds is 1. The normalized spacial score (nSPS) is 25.2. The molecule has 3 atom stereocenters. The lowest BCUT2D eigenvalue weighted by molar-refractivity contribution is -0.0382. The number of phenols is 1. The number of hydrogen-bond donors (Lipinski definition) is 2. The van der Waals surface area contributed by atoms with Crippen LogP contribution in [0.25, 0.3) is 0 Å². The number of halogens is 1. The monoisotopic (exact) mass is 355 g/mol. The maximum atomic E-state index is 13.9. The Bertz CT molecular complexity index is 827. The highest BCUT2D eigenvalue weighted by molar-refractivity contribution is 5.59. The van der Waals surface area contributed by atoms with Gasteiger partial charge in [-0.1, -0.05) is 39.0 Å². The molecule has 2 aromatic rings. The van der Waals surface area contributed by atoms with Crippen molar-refractivity contribution in [2.75, 3.05) is 11.9 Å². The van der Waals surface area contributed by atoms with Crippen molar-refractivity contribution in [2.24, 2.45) is 5.92 Å². The minimum absolute atomic E-state index is 0.0177. The molecule has 1 saturated heterocycles. The van der Waals surface area contributed by atoms with Crippen molar-refractivity contribution in [2.45, 2.75) is 51.2 Å². The minimum atomic E-state index is -0.577. The molecule has 3 nitrogen and oxygen atoms in total. The van der Waals surface area contributed by atoms with E-state index in [2.05, 4.69) is 44.3 Å². The summed E-state index contributed by atoms with van der Waals surface area (Å²) >= 11 is 0. The predicted molar refractivity (Wildman–Crippen MR) is 101 cm³/mol. The highest BCUT2D eigenvalue weighted by Gasteiger charge is 2.40. The Kier molecular flexibility index (Phi) is 4.19. The van der Waals surface area contributed by atoms with E-state index in [9.17, 15) is 9.50 Å². The van der Waals surface area contributed by atoms with Gasteiger partial charge in [-0.2, -0.15) is 0 Å². The van der Waals surface area contributed by atoms with Gasteiger partial charge < -0.3 is 15.2 Å². The van der Waals surface area contributed by atoms with Gasteiger partial charge >= 0.3 is 0 Å². The van der Waals surface area contributed by atoms with Crippen LogP contribution in [-0.4, -0.2) is 11.7 Å². The molecular formula is C22H26FNO2. The number of anilines is 1. The largest absolute Gasteiger partial charge is 0.505 e. The first-order chi connectivity index (χ1) is 12.3. The van der Waals surface area contributed by atoms with E-state index < -0.39 is 5.82 Å². The molecule has 138 valence electrons. The summed E-state index contributed by atoms with van der Waals surface area (Å²) < 4.78 is 20.1. The van der Waals surface area contributed by atoms with Crippen molar-refractivity contribution in [1.29, 1.82) is 0 Å². The summed E-state index contributed by atoms with van der Waals surface area (Å²) in [7, 11) is 0. The molecule has 0 aromatic heterocycles. The lowest BCUT2D eigenvalue weighted by Crippen LogP contribution is -2.36. The topological polar surface area (TPSA) is 41.5 Å². The van der Waals surface area contributed by atoms with E-state index in [4.69, 9.17) is 4.74 Å². The molecule has 2 N–H and O–H groups in total. The molecule has 4 rings (SSSR count). The van der Waals surface area contributed by atoms with Gasteiger partial charge in [-0.05, 0) is 47.6 Å². The van der Waals surface area contributed by atoms with Gasteiger partial charge in [0.15, 0.2) is 11.6 Å². The molecule has 2 aromatic carbocycles. The van der Waals surface area contributed by atoms with E-state index in [0.29, 0.717) is 0 Å². The molecule has 0 aliphatic carbocycles. The summed E-state index contributed by atoms with van der Waals surface area (Å²) in [6, 6.07) is 11.2. The number of benzene rings is 2. The van der Waals surface area contributed by atoms with Gasteiger partial charge in [-0.3, -0.25) is 0 Å². The minimum Gasteiger partial charge on any atom is -0.505 e. The number of fused-ring (bicyclic) bond motifs is 3. The molecule has 0 bridgehead atoms. The van der Waals surface area contributed by atoms with Crippen LogP contribution in [-0.2, 0) is 10.2 Å². The van der Waals surface area contributed by atoms with Gasteiger partial charge in [0.1, 0.15) is 0 Å². The third-order valence-electron chi connectivity index (χ3n) is 5.66. The number of phenolic OH excluding ortho intramolecular Hbond substituents is 1. The van der Waals surface area contributed by atoms with Crippen molar-refractivity contribution < 1.29 is 14.2 Å². The van der Waals surface area contributed by atoms with Gasteiger partial charge in [-0.25, -0.2) is 4.39 Å². The zero-order chi connectivity index (χ0) is 18.5. The number of aromatic hydroxyl groups is 1. The zero-order valence-corrected chi connectivity index (χ0v) is 15.6. The fourth-order valence-corrected chi connectivity index (χ4v) is 4.18. The molecule has 0 unspecified atom stereocenters. The second kappa shape index (κ2) is 6.27. The maximum Gasteiger partial charge on any atom is 0.165 e. The summed E-state index contributed by atoms with van der Waals surface area (Å²) in [6.07, 6.45) is 2.06. The Hall–Kier alpha value is -2.07. The van der Waals surface area contributed by atoms with Gasteiger partial charge in [0.05, 0.1) is 12.1 Å². The predicted octanol–water partition coefficient (Wildman–Crippen LogP) is 5.46. The zero-order valence-electron chi connectivity index (χ0n) is 15.6. The molecular weight excluding hydrogens is 329 g/mol.